The second kappa shape index (κ2) is 6.47. The van der Waals surface area contributed by atoms with Crippen LogP contribution in [0.1, 0.15) is 12.1 Å². The molecule has 0 fully saturated rings. The second-order valence-corrected chi connectivity index (χ2v) is 5.24. The zero-order chi connectivity index (χ0) is 14.5. The lowest BCUT2D eigenvalue weighted by atomic mass is 10.2. The molecule has 0 atom stereocenters. The largest absolute Gasteiger partial charge is 0.354 e. The van der Waals surface area contributed by atoms with Crippen molar-refractivity contribution in [3.8, 4) is 0 Å². The second-order valence-electron chi connectivity index (χ2n) is 4.38. The molecule has 104 valence electrons. The summed E-state index contributed by atoms with van der Waals surface area (Å²) in [5.41, 5.74) is 0.895. The lowest BCUT2D eigenvalue weighted by Crippen LogP contribution is -2.20. The lowest BCUT2D eigenvalue weighted by Gasteiger charge is -2.07. The number of halogens is 1. The maximum absolute atomic E-state index is 11.9. The van der Waals surface area contributed by atoms with Crippen LogP contribution in [0, 0.1) is 0 Å². The van der Waals surface area contributed by atoms with Gasteiger partial charge in [-0.05, 0) is 34.5 Å². The van der Waals surface area contributed by atoms with Crippen molar-refractivity contribution >= 4 is 27.5 Å². The van der Waals surface area contributed by atoms with Crippen molar-refractivity contribution in [2.75, 3.05) is 5.32 Å². The van der Waals surface area contributed by atoms with E-state index in [-0.39, 0.29) is 23.4 Å². The molecule has 0 saturated heterocycles. The third kappa shape index (κ3) is 3.77. The van der Waals surface area contributed by atoms with E-state index in [0.29, 0.717) is 10.9 Å². The minimum absolute atomic E-state index is 0.203. The molecular formula is C14H14BrN3O2. The Kier molecular flexibility index (Phi) is 4.68. The predicted molar refractivity (Wildman–Crippen MR) is 80.6 cm³/mol. The van der Waals surface area contributed by atoms with Crippen molar-refractivity contribution in [1.82, 2.24) is 9.55 Å². The van der Waals surface area contributed by atoms with Crippen LogP contribution in [-0.4, -0.2) is 15.5 Å². The van der Waals surface area contributed by atoms with Gasteiger partial charge in [-0.3, -0.25) is 14.6 Å². The topological polar surface area (TPSA) is 64.0 Å². The molecule has 2 aromatic heterocycles. The van der Waals surface area contributed by atoms with E-state index in [4.69, 9.17) is 0 Å². The molecule has 0 radical (unpaired) electrons. The number of carbonyl (C=O) groups excluding carboxylic acids is 1. The van der Waals surface area contributed by atoms with Crippen LogP contribution in [0.5, 0.6) is 0 Å². The minimum atomic E-state index is -0.228. The van der Waals surface area contributed by atoms with Crippen LogP contribution in [-0.2, 0) is 18.3 Å². The molecule has 0 aromatic carbocycles. The molecule has 0 unspecified atom stereocenters. The van der Waals surface area contributed by atoms with Crippen LogP contribution in [0.15, 0.2) is 46.1 Å². The van der Waals surface area contributed by atoms with E-state index in [1.54, 1.807) is 30.2 Å². The smallest absolute Gasteiger partial charge is 0.224 e. The number of aryl methyl sites for hydroxylation is 2. The number of hydrogen-bond donors (Lipinski definition) is 1. The maximum atomic E-state index is 11.9. The molecule has 0 bridgehead atoms. The molecule has 2 rings (SSSR count). The first kappa shape index (κ1) is 14.5. The Hall–Kier alpha value is -1.95. The van der Waals surface area contributed by atoms with E-state index < -0.39 is 0 Å². The Morgan fingerprint density at radius 2 is 2.20 bits per heavy atom. The fraction of sp³-hybridized carbons (Fsp3) is 0.214. The fourth-order valence-electron chi connectivity index (χ4n) is 1.75. The first-order valence-electron chi connectivity index (χ1n) is 6.12. The van der Waals surface area contributed by atoms with Gasteiger partial charge in [-0.15, -0.1) is 0 Å². The molecule has 1 N–H and O–H groups in total. The van der Waals surface area contributed by atoms with Gasteiger partial charge in [-0.2, -0.15) is 0 Å². The summed E-state index contributed by atoms with van der Waals surface area (Å²) in [6.45, 7) is 0. The Morgan fingerprint density at radius 3 is 2.90 bits per heavy atom. The maximum Gasteiger partial charge on any atom is 0.224 e. The van der Waals surface area contributed by atoms with E-state index in [9.17, 15) is 9.59 Å². The molecule has 1 amide bonds. The standard InChI is InChI=1S/C14H14BrN3O2/c1-18-8-11(15)14(20)12(9-18)17-13(19)6-5-10-4-2-3-7-16-10/h2-4,7-9H,5-6H2,1H3,(H,17,19). The number of nitrogens with zero attached hydrogens (tertiary/aromatic N) is 2. The van der Waals surface area contributed by atoms with Crippen molar-refractivity contribution in [2.45, 2.75) is 12.8 Å². The predicted octanol–water partition coefficient (Wildman–Crippen LogP) is 2.11. The number of anilines is 1. The summed E-state index contributed by atoms with van der Waals surface area (Å²) >= 11 is 3.17. The van der Waals surface area contributed by atoms with Crippen LogP contribution in [0.25, 0.3) is 0 Å². The molecule has 6 heteroatoms. The van der Waals surface area contributed by atoms with Gasteiger partial charge in [0.1, 0.15) is 5.69 Å². The summed E-state index contributed by atoms with van der Waals surface area (Å²) in [5, 5.41) is 2.63. The van der Waals surface area contributed by atoms with Gasteiger partial charge in [0.05, 0.1) is 4.47 Å². The molecule has 0 aliphatic rings. The van der Waals surface area contributed by atoms with E-state index in [1.807, 2.05) is 18.2 Å². The fourth-order valence-corrected chi connectivity index (χ4v) is 2.29. The number of nitrogens with one attached hydrogen (secondary N) is 1. The van der Waals surface area contributed by atoms with Gasteiger partial charge in [0.25, 0.3) is 0 Å². The van der Waals surface area contributed by atoms with E-state index in [0.717, 1.165) is 5.69 Å². The average molecular weight is 336 g/mol. The lowest BCUT2D eigenvalue weighted by molar-refractivity contribution is -0.116. The van der Waals surface area contributed by atoms with Gasteiger partial charge in [0.15, 0.2) is 0 Å². The Morgan fingerprint density at radius 1 is 1.40 bits per heavy atom. The van der Waals surface area contributed by atoms with Crippen molar-refractivity contribution in [1.29, 1.82) is 0 Å². The molecule has 0 saturated carbocycles. The van der Waals surface area contributed by atoms with Crippen molar-refractivity contribution < 1.29 is 4.79 Å². The van der Waals surface area contributed by atoms with Crippen molar-refractivity contribution in [2.24, 2.45) is 7.05 Å². The molecule has 0 spiro atoms. The van der Waals surface area contributed by atoms with Crippen LogP contribution in [0.4, 0.5) is 5.69 Å². The summed E-state index contributed by atoms with van der Waals surface area (Å²) in [6.07, 6.45) is 5.75. The van der Waals surface area contributed by atoms with Gasteiger partial charge in [0, 0.05) is 37.8 Å². The average Bonchev–Trinajstić information content (AvgIpc) is 2.43. The SMILES string of the molecule is Cn1cc(Br)c(=O)c(NC(=O)CCc2ccccn2)c1. The zero-order valence-corrected chi connectivity index (χ0v) is 12.6. The minimum Gasteiger partial charge on any atom is -0.354 e. The molecule has 20 heavy (non-hydrogen) atoms. The van der Waals surface area contributed by atoms with E-state index in [1.165, 1.54) is 0 Å². The first-order valence-corrected chi connectivity index (χ1v) is 6.91. The van der Waals surface area contributed by atoms with Gasteiger partial charge < -0.3 is 9.88 Å². The van der Waals surface area contributed by atoms with Crippen LogP contribution in [0.3, 0.4) is 0 Å². The third-order valence-electron chi connectivity index (χ3n) is 2.72. The third-order valence-corrected chi connectivity index (χ3v) is 3.28. The number of carbonyl (C=O) groups is 1. The van der Waals surface area contributed by atoms with E-state index in [2.05, 4.69) is 26.2 Å². The summed E-state index contributed by atoms with van der Waals surface area (Å²) in [7, 11) is 1.79. The van der Waals surface area contributed by atoms with Crippen LogP contribution < -0.4 is 10.7 Å². The number of hydrogen-bond acceptors (Lipinski definition) is 3. The molecule has 0 aliphatic carbocycles. The molecular weight excluding hydrogens is 322 g/mol. The summed E-state index contributed by atoms with van der Waals surface area (Å²) < 4.78 is 2.13. The van der Waals surface area contributed by atoms with Gasteiger partial charge in [-0.25, -0.2) is 0 Å². The number of aromatic nitrogens is 2. The quantitative estimate of drug-likeness (QED) is 0.930. The molecule has 0 aliphatic heterocycles. The summed E-state index contributed by atoms with van der Waals surface area (Å²) in [5.74, 6) is -0.203. The highest BCUT2D eigenvalue weighted by Gasteiger charge is 2.09. The zero-order valence-electron chi connectivity index (χ0n) is 11.0. The van der Waals surface area contributed by atoms with Crippen molar-refractivity contribution in [3.05, 3.63) is 57.2 Å². The summed E-state index contributed by atoms with van der Waals surface area (Å²) in [4.78, 5) is 27.9. The number of pyridine rings is 2. The number of amides is 1. The van der Waals surface area contributed by atoms with Crippen LogP contribution in [0.2, 0.25) is 0 Å². The van der Waals surface area contributed by atoms with Gasteiger partial charge >= 0.3 is 0 Å². The Balaban J connectivity index is 2.00. The monoisotopic (exact) mass is 335 g/mol. The first-order chi connectivity index (χ1) is 9.56. The molecule has 2 aromatic rings. The van der Waals surface area contributed by atoms with E-state index >= 15 is 0 Å². The Bertz CT molecular complexity index is 668. The molecule has 2 heterocycles. The van der Waals surface area contributed by atoms with Crippen molar-refractivity contribution in [3.63, 3.8) is 0 Å². The van der Waals surface area contributed by atoms with Gasteiger partial charge in [0.2, 0.25) is 11.3 Å². The highest BCUT2D eigenvalue weighted by Crippen LogP contribution is 2.08. The molecule has 5 nitrogen and oxygen atoms in total. The van der Waals surface area contributed by atoms with Crippen LogP contribution >= 0.6 is 15.9 Å². The summed E-state index contributed by atoms with van der Waals surface area (Å²) in [6, 6.07) is 5.57. The number of rotatable bonds is 4. The van der Waals surface area contributed by atoms with Gasteiger partial charge in [-0.1, -0.05) is 6.07 Å². The normalized spacial score (nSPS) is 10.3. The highest BCUT2D eigenvalue weighted by molar-refractivity contribution is 9.10. The Labute approximate surface area is 124 Å². The highest BCUT2D eigenvalue weighted by atomic mass is 79.9.